The van der Waals surface area contributed by atoms with Crippen molar-refractivity contribution in [2.75, 3.05) is 4.90 Å². The lowest BCUT2D eigenvalue weighted by molar-refractivity contribution is 0.532. The van der Waals surface area contributed by atoms with Gasteiger partial charge < -0.3 is 14.6 Å². The number of fused-ring (bicyclic) bond motifs is 3. The van der Waals surface area contributed by atoms with Crippen molar-refractivity contribution in [3.8, 4) is 33.4 Å². The van der Waals surface area contributed by atoms with Gasteiger partial charge in [0, 0.05) is 28.0 Å². The van der Waals surface area contributed by atoms with Crippen LogP contribution in [-0.2, 0) is 6.54 Å². The van der Waals surface area contributed by atoms with E-state index >= 15 is 0 Å². The highest BCUT2D eigenvalue weighted by Gasteiger charge is 2.20. The van der Waals surface area contributed by atoms with E-state index in [1.54, 1.807) is 0 Å². The van der Waals surface area contributed by atoms with Gasteiger partial charge in [0.2, 0.25) is 0 Å². The van der Waals surface area contributed by atoms with E-state index in [-0.39, 0.29) is 0 Å². The summed E-state index contributed by atoms with van der Waals surface area (Å²) in [5.41, 5.74) is 12.4. The molecule has 0 fully saturated rings. The molecule has 2 heterocycles. The average Bonchev–Trinajstić information content (AvgIpc) is 3.48. The molecule has 1 aromatic heterocycles. The van der Waals surface area contributed by atoms with Crippen molar-refractivity contribution in [3.05, 3.63) is 169 Å². The van der Waals surface area contributed by atoms with Crippen molar-refractivity contribution in [2.45, 2.75) is 6.54 Å². The first-order chi connectivity index (χ1) is 21.8. The van der Waals surface area contributed by atoms with Gasteiger partial charge >= 0.3 is 0 Å². The monoisotopic (exact) mass is 566 g/mol. The Hall–Kier alpha value is -5.80. The molecule has 210 valence electrons. The maximum Gasteiger partial charge on any atom is 0.135 e. The minimum atomic E-state index is 0.695. The van der Waals surface area contributed by atoms with Gasteiger partial charge in [-0.25, -0.2) is 0 Å². The van der Waals surface area contributed by atoms with Gasteiger partial charge in [-0.3, -0.25) is 0 Å². The quantitative estimate of drug-likeness (QED) is 0.217. The highest BCUT2D eigenvalue weighted by atomic mass is 16.3. The molecule has 0 unspecified atom stereocenters. The van der Waals surface area contributed by atoms with E-state index in [9.17, 15) is 0 Å². The third-order valence-corrected chi connectivity index (χ3v) is 8.30. The summed E-state index contributed by atoms with van der Waals surface area (Å²) in [7, 11) is 0. The highest BCUT2D eigenvalue weighted by molar-refractivity contribution is 5.94. The van der Waals surface area contributed by atoms with Crippen LogP contribution in [0.4, 0.5) is 17.1 Å². The first-order valence-corrected chi connectivity index (χ1v) is 15.0. The van der Waals surface area contributed by atoms with E-state index in [2.05, 4.69) is 168 Å². The van der Waals surface area contributed by atoms with Crippen molar-refractivity contribution in [1.82, 2.24) is 5.32 Å². The summed E-state index contributed by atoms with van der Waals surface area (Å²) in [5, 5.41) is 4.38. The van der Waals surface area contributed by atoms with Crippen molar-refractivity contribution >= 4 is 34.1 Å². The number of hydrogen-bond donors (Lipinski definition) is 1. The van der Waals surface area contributed by atoms with Gasteiger partial charge in [-0.1, -0.05) is 103 Å². The Labute approximate surface area is 257 Å². The lowest BCUT2D eigenvalue weighted by Crippen LogP contribution is -2.10. The molecule has 0 radical (unpaired) electrons. The van der Waals surface area contributed by atoms with Crippen molar-refractivity contribution in [1.29, 1.82) is 0 Å². The number of nitrogens with zero attached hydrogens (tertiary/aromatic N) is 1. The Morgan fingerprint density at radius 3 is 1.64 bits per heavy atom. The van der Waals surface area contributed by atoms with Gasteiger partial charge in [-0.05, 0) is 94.2 Å². The first-order valence-electron chi connectivity index (χ1n) is 15.0. The Balaban J connectivity index is 1.34. The van der Waals surface area contributed by atoms with Crippen LogP contribution in [0.1, 0.15) is 11.3 Å². The lowest BCUT2D eigenvalue weighted by Gasteiger charge is -2.27. The van der Waals surface area contributed by atoms with Crippen LogP contribution in [0.5, 0.6) is 0 Å². The molecule has 7 aromatic rings. The average molecular weight is 567 g/mol. The molecule has 1 aliphatic rings. The van der Waals surface area contributed by atoms with Crippen molar-refractivity contribution < 1.29 is 4.42 Å². The van der Waals surface area contributed by atoms with Gasteiger partial charge in [0.05, 0.1) is 6.54 Å². The molecule has 44 heavy (non-hydrogen) atoms. The van der Waals surface area contributed by atoms with Crippen molar-refractivity contribution in [3.63, 3.8) is 0 Å². The van der Waals surface area contributed by atoms with Crippen LogP contribution in [-0.4, -0.2) is 0 Å². The standard InChI is InChI=1S/C41H30N2O/c1-4-10-29(11-5-1)32-16-18-35(19-17-32)43(36-20-21-40-39(27-36)38-22-23-42-28-41(38)44-40)37-25-33(30-12-6-2-7-13-30)24-34(26-37)31-14-8-3-9-15-31/h1-27,42H,28H2. The molecule has 0 bridgehead atoms. The molecule has 0 aliphatic carbocycles. The van der Waals surface area contributed by atoms with Crippen molar-refractivity contribution in [2.24, 2.45) is 0 Å². The molecule has 0 atom stereocenters. The number of benzene rings is 6. The Morgan fingerprint density at radius 1 is 0.477 bits per heavy atom. The molecule has 0 saturated heterocycles. The van der Waals surface area contributed by atoms with Gasteiger partial charge in [-0.2, -0.15) is 0 Å². The lowest BCUT2D eigenvalue weighted by atomic mass is 9.97. The summed E-state index contributed by atoms with van der Waals surface area (Å²) in [4.78, 5) is 2.36. The molecule has 0 saturated carbocycles. The number of furan rings is 1. The maximum atomic E-state index is 6.22. The fraction of sp³-hybridized carbons (Fsp3) is 0.0244. The molecule has 3 nitrogen and oxygen atoms in total. The van der Waals surface area contributed by atoms with Crippen LogP contribution in [0.3, 0.4) is 0 Å². The zero-order valence-electron chi connectivity index (χ0n) is 24.2. The molecular formula is C41H30N2O. The zero-order chi connectivity index (χ0) is 29.3. The van der Waals surface area contributed by atoms with E-state index in [4.69, 9.17) is 4.42 Å². The molecule has 1 N–H and O–H groups in total. The van der Waals surface area contributed by atoms with E-state index in [1.807, 2.05) is 6.20 Å². The van der Waals surface area contributed by atoms with E-state index in [0.717, 1.165) is 39.4 Å². The third kappa shape index (κ3) is 4.85. The van der Waals surface area contributed by atoms with Crippen LogP contribution in [0.25, 0.3) is 50.4 Å². The number of nitrogens with one attached hydrogen (secondary N) is 1. The smallest absolute Gasteiger partial charge is 0.135 e. The summed E-state index contributed by atoms with van der Waals surface area (Å²) in [6.07, 6.45) is 4.11. The predicted octanol–water partition coefficient (Wildman–Crippen LogP) is 11.0. The van der Waals surface area contributed by atoms with Gasteiger partial charge in [0.1, 0.15) is 11.3 Å². The molecule has 3 heteroatoms. The van der Waals surface area contributed by atoms with Gasteiger partial charge in [0.25, 0.3) is 0 Å². The zero-order valence-corrected chi connectivity index (χ0v) is 24.2. The highest BCUT2D eigenvalue weighted by Crippen LogP contribution is 2.42. The van der Waals surface area contributed by atoms with Crippen LogP contribution >= 0.6 is 0 Å². The summed E-state index contributed by atoms with van der Waals surface area (Å²) >= 11 is 0. The SMILES string of the molecule is C1=Cc2c(oc3ccc(N(c4ccc(-c5ccccc5)cc4)c4cc(-c5ccccc5)cc(-c5ccccc5)c4)cc23)CN1. The molecule has 8 rings (SSSR count). The van der Waals surface area contributed by atoms with E-state index in [1.165, 1.54) is 33.4 Å². The molecule has 1 aliphatic heterocycles. The first kappa shape index (κ1) is 25.9. The summed E-state index contributed by atoms with van der Waals surface area (Å²) in [5.74, 6) is 0.968. The summed E-state index contributed by atoms with van der Waals surface area (Å²) < 4.78 is 6.22. The maximum absolute atomic E-state index is 6.22. The normalized spacial score (nSPS) is 12.1. The topological polar surface area (TPSA) is 28.4 Å². The fourth-order valence-electron chi connectivity index (χ4n) is 6.12. The summed E-state index contributed by atoms with van der Waals surface area (Å²) in [6, 6.07) is 54.0. The fourth-order valence-corrected chi connectivity index (χ4v) is 6.12. The molecule has 0 amide bonds. The predicted molar refractivity (Wildman–Crippen MR) is 183 cm³/mol. The van der Waals surface area contributed by atoms with Gasteiger partial charge in [0.15, 0.2) is 0 Å². The van der Waals surface area contributed by atoms with Crippen LogP contribution in [0.15, 0.2) is 162 Å². The largest absolute Gasteiger partial charge is 0.459 e. The number of anilines is 3. The van der Waals surface area contributed by atoms with Crippen LogP contribution in [0, 0.1) is 0 Å². The minimum Gasteiger partial charge on any atom is -0.459 e. The molecule has 6 aromatic carbocycles. The van der Waals surface area contributed by atoms with E-state index < -0.39 is 0 Å². The second-order valence-electron chi connectivity index (χ2n) is 11.1. The second-order valence-corrected chi connectivity index (χ2v) is 11.1. The Morgan fingerprint density at radius 2 is 1.02 bits per heavy atom. The number of hydrogen-bond acceptors (Lipinski definition) is 3. The second kappa shape index (κ2) is 11.1. The Bertz CT molecular complexity index is 2040. The summed E-state index contributed by atoms with van der Waals surface area (Å²) in [6.45, 7) is 0.695. The van der Waals surface area contributed by atoms with Crippen LogP contribution < -0.4 is 10.2 Å². The van der Waals surface area contributed by atoms with Crippen LogP contribution in [0.2, 0.25) is 0 Å². The van der Waals surface area contributed by atoms with E-state index in [0.29, 0.717) is 6.54 Å². The Kier molecular flexibility index (Phi) is 6.54. The molecule has 0 spiro atoms. The molecular weight excluding hydrogens is 536 g/mol. The number of rotatable bonds is 6. The minimum absolute atomic E-state index is 0.695. The third-order valence-electron chi connectivity index (χ3n) is 8.30. The van der Waals surface area contributed by atoms with Gasteiger partial charge in [-0.15, -0.1) is 0 Å².